The topological polar surface area (TPSA) is 24.9 Å². The highest BCUT2D eigenvalue weighted by Gasteiger charge is 2.16. The zero-order valence-corrected chi connectivity index (χ0v) is 11.2. The first-order valence-electron chi connectivity index (χ1n) is 6.13. The number of aromatic nitrogens is 1. The van der Waals surface area contributed by atoms with Gasteiger partial charge in [-0.3, -0.25) is 0 Å². The molecule has 0 amide bonds. The van der Waals surface area contributed by atoms with Crippen LogP contribution in [-0.4, -0.2) is 18.1 Å². The van der Waals surface area contributed by atoms with E-state index in [1.165, 1.54) is 6.07 Å². The predicted molar refractivity (Wildman–Crippen MR) is 73.5 cm³/mol. The van der Waals surface area contributed by atoms with Crippen LogP contribution in [0.2, 0.25) is 0 Å². The summed E-state index contributed by atoms with van der Waals surface area (Å²) < 4.78 is 13.9. The first kappa shape index (κ1) is 13.2. The number of nitrogens with zero attached hydrogens (tertiary/aromatic N) is 1. The quantitative estimate of drug-likeness (QED) is 0.866. The zero-order valence-electron chi connectivity index (χ0n) is 10.4. The van der Waals surface area contributed by atoms with Gasteiger partial charge in [-0.1, -0.05) is 25.1 Å². The van der Waals surface area contributed by atoms with E-state index in [9.17, 15) is 4.39 Å². The monoisotopic (exact) mass is 264 g/mol. The zero-order chi connectivity index (χ0) is 12.8. The molecule has 0 saturated heterocycles. The van der Waals surface area contributed by atoms with E-state index < -0.39 is 0 Å². The Morgan fingerprint density at radius 3 is 2.89 bits per heavy atom. The van der Waals surface area contributed by atoms with Crippen LogP contribution in [0.3, 0.4) is 0 Å². The van der Waals surface area contributed by atoms with Crippen LogP contribution < -0.4 is 5.32 Å². The molecule has 2 aromatic rings. The second kappa shape index (κ2) is 6.61. The number of hydrogen-bond donors (Lipinski definition) is 1. The van der Waals surface area contributed by atoms with Crippen molar-refractivity contribution in [3.05, 3.63) is 52.2 Å². The van der Waals surface area contributed by atoms with Crippen LogP contribution >= 0.6 is 11.3 Å². The molecule has 1 heterocycles. The smallest absolute Gasteiger partial charge is 0.126 e. The van der Waals surface area contributed by atoms with Crippen molar-refractivity contribution < 1.29 is 4.39 Å². The van der Waals surface area contributed by atoms with Crippen molar-refractivity contribution in [2.24, 2.45) is 0 Å². The molecule has 0 aliphatic heterocycles. The molecule has 96 valence electrons. The van der Waals surface area contributed by atoms with Gasteiger partial charge in [-0.05, 0) is 24.6 Å². The van der Waals surface area contributed by atoms with E-state index in [-0.39, 0.29) is 11.7 Å². The van der Waals surface area contributed by atoms with E-state index in [1.807, 2.05) is 23.0 Å². The SMILES string of the molecule is CCNCC(Cc1cscn1)c1ccccc1F. The summed E-state index contributed by atoms with van der Waals surface area (Å²) in [6.45, 7) is 3.72. The van der Waals surface area contributed by atoms with Crippen molar-refractivity contribution in [3.8, 4) is 0 Å². The summed E-state index contributed by atoms with van der Waals surface area (Å²) in [5.74, 6) is 0.00360. The van der Waals surface area contributed by atoms with Crippen LogP contribution in [0.5, 0.6) is 0 Å². The summed E-state index contributed by atoms with van der Waals surface area (Å²) in [6, 6.07) is 7.00. The average Bonchev–Trinajstić information content (AvgIpc) is 2.88. The summed E-state index contributed by atoms with van der Waals surface area (Å²) in [5.41, 5.74) is 3.62. The number of benzene rings is 1. The fourth-order valence-corrected chi connectivity index (χ4v) is 2.58. The Morgan fingerprint density at radius 2 is 2.22 bits per heavy atom. The fourth-order valence-electron chi connectivity index (χ4n) is 2.01. The lowest BCUT2D eigenvalue weighted by atomic mass is 9.94. The van der Waals surface area contributed by atoms with Crippen molar-refractivity contribution >= 4 is 11.3 Å². The maximum Gasteiger partial charge on any atom is 0.126 e. The minimum Gasteiger partial charge on any atom is -0.316 e. The number of likely N-dealkylation sites (N-methyl/N-ethyl adjacent to an activating group) is 1. The van der Waals surface area contributed by atoms with Gasteiger partial charge < -0.3 is 5.32 Å². The van der Waals surface area contributed by atoms with Crippen LogP contribution in [0.15, 0.2) is 35.2 Å². The molecule has 18 heavy (non-hydrogen) atoms. The number of halogens is 1. The third-order valence-electron chi connectivity index (χ3n) is 2.92. The van der Waals surface area contributed by atoms with Gasteiger partial charge in [0.1, 0.15) is 5.82 Å². The Kier molecular flexibility index (Phi) is 4.84. The molecule has 0 saturated carbocycles. The maximum atomic E-state index is 13.9. The third-order valence-corrected chi connectivity index (χ3v) is 3.56. The molecule has 4 heteroatoms. The molecular formula is C14H17FN2S. The minimum absolute atomic E-state index is 0.129. The Bertz CT molecular complexity index is 470. The van der Waals surface area contributed by atoms with Crippen molar-refractivity contribution in [1.29, 1.82) is 0 Å². The summed E-state index contributed by atoms with van der Waals surface area (Å²) >= 11 is 1.58. The van der Waals surface area contributed by atoms with Crippen molar-refractivity contribution in [1.82, 2.24) is 10.3 Å². The molecule has 0 aliphatic carbocycles. The Balaban J connectivity index is 2.16. The summed E-state index contributed by atoms with van der Waals surface area (Å²) in [5, 5.41) is 5.32. The molecule has 2 nitrogen and oxygen atoms in total. The van der Waals surface area contributed by atoms with E-state index in [2.05, 4.69) is 17.2 Å². The number of hydrogen-bond acceptors (Lipinski definition) is 3. The first-order valence-corrected chi connectivity index (χ1v) is 7.07. The molecule has 0 aliphatic rings. The third kappa shape index (κ3) is 3.37. The lowest BCUT2D eigenvalue weighted by Gasteiger charge is -2.17. The lowest BCUT2D eigenvalue weighted by molar-refractivity contribution is 0.542. The number of rotatable bonds is 6. The van der Waals surface area contributed by atoms with Gasteiger partial charge in [0.2, 0.25) is 0 Å². The molecule has 0 bridgehead atoms. The molecule has 1 unspecified atom stereocenters. The Morgan fingerprint density at radius 1 is 1.39 bits per heavy atom. The average molecular weight is 264 g/mol. The van der Waals surface area contributed by atoms with E-state index in [1.54, 1.807) is 17.4 Å². The summed E-state index contributed by atoms with van der Waals surface area (Å²) in [6.07, 6.45) is 0.775. The van der Waals surface area contributed by atoms with Crippen molar-refractivity contribution in [2.45, 2.75) is 19.3 Å². The summed E-state index contributed by atoms with van der Waals surface area (Å²) in [4.78, 5) is 4.29. The second-order valence-corrected chi connectivity index (χ2v) is 4.93. The highest BCUT2D eigenvalue weighted by molar-refractivity contribution is 7.07. The van der Waals surface area contributed by atoms with Crippen LogP contribution in [0.25, 0.3) is 0 Å². The summed E-state index contributed by atoms with van der Waals surface area (Å²) in [7, 11) is 0. The predicted octanol–water partition coefficient (Wildman–Crippen LogP) is 3.22. The number of nitrogens with one attached hydrogen (secondary N) is 1. The van der Waals surface area contributed by atoms with E-state index in [0.717, 1.165) is 30.8 Å². The lowest BCUT2D eigenvalue weighted by Crippen LogP contribution is -2.23. The molecule has 1 aromatic carbocycles. The molecule has 2 rings (SSSR count). The van der Waals surface area contributed by atoms with Gasteiger partial charge in [0.15, 0.2) is 0 Å². The molecule has 0 spiro atoms. The van der Waals surface area contributed by atoms with Gasteiger partial charge >= 0.3 is 0 Å². The molecular weight excluding hydrogens is 247 g/mol. The van der Waals surface area contributed by atoms with Crippen LogP contribution in [0.1, 0.15) is 24.1 Å². The molecule has 1 atom stereocenters. The Hall–Kier alpha value is -1.26. The largest absolute Gasteiger partial charge is 0.316 e. The molecule has 0 radical (unpaired) electrons. The maximum absolute atomic E-state index is 13.9. The van der Waals surface area contributed by atoms with E-state index in [4.69, 9.17) is 0 Å². The number of thiazole rings is 1. The normalized spacial score (nSPS) is 12.6. The van der Waals surface area contributed by atoms with E-state index >= 15 is 0 Å². The molecule has 0 fully saturated rings. The molecule has 1 aromatic heterocycles. The van der Waals surface area contributed by atoms with Crippen LogP contribution in [0.4, 0.5) is 4.39 Å². The van der Waals surface area contributed by atoms with Crippen molar-refractivity contribution in [3.63, 3.8) is 0 Å². The van der Waals surface area contributed by atoms with Gasteiger partial charge in [-0.15, -0.1) is 11.3 Å². The fraction of sp³-hybridized carbons (Fsp3) is 0.357. The molecule has 1 N–H and O–H groups in total. The van der Waals surface area contributed by atoms with Gasteiger partial charge in [0.05, 0.1) is 11.2 Å². The Labute approximate surface area is 111 Å². The van der Waals surface area contributed by atoms with Gasteiger partial charge in [0, 0.05) is 17.8 Å². The highest BCUT2D eigenvalue weighted by Crippen LogP contribution is 2.23. The first-order chi connectivity index (χ1) is 8.81. The van der Waals surface area contributed by atoms with Gasteiger partial charge in [0.25, 0.3) is 0 Å². The standard InChI is InChI=1S/C14H17FN2S/c1-2-16-8-11(7-12-9-18-10-17-12)13-5-3-4-6-14(13)15/h3-6,9-11,16H,2,7-8H2,1H3. The van der Waals surface area contributed by atoms with E-state index in [0.29, 0.717) is 0 Å². The van der Waals surface area contributed by atoms with Crippen LogP contribution in [-0.2, 0) is 6.42 Å². The van der Waals surface area contributed by atoms with Crippen LogP contribution in [0, 0.1) is 5.82 Å². The second-order valence-electron chi connectivity index (χ2n) is 4.21. The van der Waals surface area contributed by atoms with Gasteiger partial charge in [-0.2, -0.15) is 0 Å². The van der Waals surface area contributed by atoms with Crippen molar-refractivity contribution in [2.75, 3.05) is 13.1 Å². The van der Waals surface area contributed by atoms with Gasteiger partial charge in [-0.25, -0.2) is 9.37 Å². The highest BCUT2D eigenvalue weighted by atomic mass is 32.1. The minimum atomic E-state index is -0.129.